The monoisotopic (exact) mass is 401 g/mol. The average molecular weight is 403 g/mol. The summed E-state index contributed by atoms with van der Waals surface area (Å²) in [6, 6.07) is 7.37. The molecule has 22 heavy (non-hydrogen) atoms. The van der Waals surface area contributed by atoms with E-state index in [1.807, 2.05) is 24.3 Å². The van der Waals surface area contributed by atoms with Crippen molar-refractivity contribution in [2.45, 2.75) is 0 Å². The second kappa shape index (κ2) is 5.61. The van der Waals surface area contributed by atoms with Crippen LogP contribution in [-0.2, 0) is 7.05 Å². The SMILES string of the molecule is COc1c(Br)nn(C)c(=O)c1-n1c(Cl)c(Cl)c2ccccc21. The maximum Gasteiger partial charge on any atom is 0.294 e. The van der Waals surface area contributed by atoms with Gasteiger partial charge in [0.05, 0.1) is 17.6 Å². The molecule has 0 aliphatic heterocycles. The van der Waals surface area contributed by atoms with Gasteiger partial charge in [0, 0.05) is 12.4 Å². The number of hydrogen-bond donors (Lipinski definition) is 0. The molecule has 0 aliphatic carbocycles. The number of ether oxygens (including phenoxy) is 1. The second-order valence-corrected chi connectivity index (χ2v) is 6.05. The van der Waals surface area contributed by atoms with Crippen LogP contribution >= 0.6 is 39.1 Å². The number of methoxy groups -OCH3 is 1. The van der Waals surface area contributed by atoms with Gasteiger partial charge in [-0.1, -0.05) is 41.4 Å². The van der Waals surface area contributed by atoms with Gasteiger partial charge >= 0.3 is 0 Å². The molecule has 114 valence electrons. The molecule has 0 amide bonds. The van der Waals surface area contributed by atoms with E-state index in [9.17, 15) is 4.79 Å². The lowest BCUT2D eigenvalue weighted by molar-refractivity contribution is 0.402. The van der Waals surface area contributed by atoms with E-state index in [1.54, 1.807) is 11.6 Å². The predicted molar refractivity (Wildman–Crippen MR) is 90.6 cm³/mol. The number of aryl methyl sites for hydroxylation is 1. The molecule has 0 fully saturated rings. The van der Waals surface area contributed by atoms with Crippen molar-refractivity contribution in [3.8, 4) is 11.4 Å². The summed E-state index contributed by atoms with van der Waals surface area (Å²) in [6.45, 7) is 0. The molecule has 8 heteroatoms. The van der Waals surface area contributed by atoms with Crippen LogP contribution in [0.4, 0.5) is 0 Å². The Bertz CT molecular complexity index is 949. The van der Waals surface area contributed by atoms with Crippen LogP contribution in [0.15, 0.2) is 33.7 Å². The van der Waals surface area contributed by atoms with Crippen LogP contribution in [0.3, 0.4) is 0 Å². The quantitative estimate of drug-likeness (QED) is 0.654. The Hall–Kier alpha value is -1.50. The number of para-hydroxylation sites is 1. The molecule has 0 bridgehead atoms. The van der Waals surface area contributed by atoms with Gasteiger partial charge in [0.1, 0.15) is 5.15 Å². The zero-order valence-electron chi connectivity index (χ0n) is 11.6. The molecule has 3 aromatic rings. The van der Waals surface area contributed by atoms with Gasteiger partial charge in [-0.2, -0.15) is 5.10 Å². The number of aromatic nitrogens is 3. The van der Waals surface area contributed by atoms with Gasteiger partial charge in [-0.3, -0.25) is 9.36 Å². The standard InChI is InChI=1S/C14H10BrCl2N3O2/c1-19-14(21)10(11(22-2)12(15)18-19)20-8-6-4-3-5-7(8)9(16)13(20)17/h3-6H,1-2H3. The molecule has 0 atom stereocenters. The smallest absolute Gasteiger partial charge is 0.294 e. The van der Waals surface area contributed by atoms with Gasteiger partial charge in [-0.15, -0.1) is 0 Å². The molecule has 0 radical (unpaired) electrons. The van der Waals surface area contributed by atoms with E-state index in [4.69, 9.17) is 27.9 Å². The third kappa shape index (κ3) is 2.14. The molecule has 1 aromatic carbocycles. The third-order valence-corrected chi connectivity index (χ3v) is 4.68. The van der Waals surface area contributed by atoms with Crippen LogP contribution in [0.1, 0.15) is 0 Å². The van der Waals surface area contributed by atoms with E-state index in [1.165, 1.54) is 11.8 Å². The Morgan fingerprint density at radius 3 is 2.64 bits per heavy atom. The van der Waals surface area contributed by atoms with Crippen LogP contribution in [0.25, 0.3) is 16.6 Å². The van der Waals surface area contributed by atoms with Gasteiger partial charge in [-0.05, 0) is 22.0 Å². The maximum atomic E-state index is 12.6. The van der Waals surface area contributed by atoms with Crippen molar-refractivity contribution in [3.63, 3.8) is 0 Å². The van der Waals surface area contributed by atoms with Gasteiger partial charge in [-0.25, -0.2) is 4.68 Å². The lowest BCUT2D eigenvalue weighted by atomic mass is 10.2. The number of nitrogens with zero attached hydrogens (tertiary/aromatic N) is 3. The Morgan fingerprint density at radius 1 is 1.27 bits per heavy atom. The topological polar surface area (TPSA) is 49.1 Å². The lowest BCUT2D eigenvalue weighted by Crippen LogP contribution is -2.25. The first-order valence-corrected chi connectivity index (χ1v) is 7.77. The molecule has 2 aromatic heterocycles. The van der Waals surface area contributed by atoms with Crippen molar-refractivity contribution in [1.29, 1.82) is 0 Å². The van der Waals surface area contributed by atoms with Gasteiger partial charge in [0.25, 0.3) is 5.56 Å². The van der Waals surface area contributed by atoms with Crippen LogP contribution in [0.2, 0.25) is 10.2 Å². The van der Waals surface area contributed by atoms with Crippen molar-refractivity contribution < 1.29 is 4.74 Å². The Balaban J connectivity index is 2.53. The molecular weight excluding hydrogens is 393 g/mol. The first-order chi connectivity index (χ1) is 10.5. The molecule has 3 rings (SSSR count). The minimum Gasteiger partial charge on any atom is -0.492 e. The van der Waals surface area contributed by atoms with Gasteiger partial charge in [0.15, 0.2) is 16.0 Å². The van der Waals surface area contributed by atoms with Crippen LogP contribution in [0, 0.1) is 0 Å². The second-order valence-electron chi connectivity index (χ2n) is 4.56. The minimum absolute atomic E-state index is 0.247. The summed E-state index contributed by atoms with van der Waals surface area (Å²) < 4.78 is 8.52. The summed E-state index contributed by atoms with van der Waals surface area (Å²) in [6.07, 6.45) is 0. The molecule has 0 N–H and O–H groups in total. The lowest BCUT2D eigenvalue weighted by Gasteiger charge is -2.13. The summed E-state index contributed by atoms with van der Waals surface area (Å²) >= 11 is 16.0. The van der Waals surface area contributed by atoms with E-state index in [2.05, 4.69) is 21.0 Å². The first-order valence-electron chi connectivity index (χ1n) is 6.23. The molecule has 0 saturated heterocycles. The summed E-state index contributed by atoms with van der Waals surface area (Å²) in [5.41, 5.74) is 0.616. The van der Waals surface area contributed by atoms with Gasteiger partial charge < -0.3 is 4.74 Å². The molecule has 0 aliphatic rings. The van der Waals surface area contributed by atoms with E-state index < -0.39 is 0 Å². The number of fused-ring (bicyclic) bond motifs is 1. The maximum absolute atomic E-state index is 12.6. The van der Waals surface area contributed by atoms with Crippen molar-refractivity contribution >= 4 is 50.0 Å². The van der Waals surface area contributed by atoms with Crippen molar-refractivity contribution in [3.05, 3.63) is 49.4 Å². The van der Waals surface area contributed by atoms with Crippen molar-refractivity contribution in [2.24, 2.45) is 7.05 Å². The highest BCUT2D eigenvalue weighted by atomic mass is 79.9. The fraction of sp³-hybridized carbons (Fsp3) is 0.143. The molecule has 5 nitrogen and oxygen atoms in total. The number of hydrogen-bond acceptors (Lipinski definition) is 3. The zero-order valence-corrected chi connectivity index (χ0v) is 14.7. The van der Waals surface area contributed by atoms with Crippen LogP contribution in [0.5, 0.6) is 5.75 Å². The third-order valence-electron chi connectivity index (χ3n) is 3.32. The summed E-state index contributed by atoms with van der Waals surface area (Å²) in [5, 5.41) is 5.44. The summed E-state index contributed by atoms with van der Waals surface area (Å²) in [5.74, 6) is 0.294. The predicted octanol–water partition coefficient (Wildman–Crippen LogP) is 3.80. The van der Waals surface area contributed by atoms with E-state index in [-0.39, 0.29) is 16.4 Å². The summed E-state index contributed by atoms with van der Waals surface area (Å²) in [7, 11) is 3.02. The van der Waals surface area contributed by atoms with Gasteiger partial charge in [0.2, 0.25) is 0 Å². The highest BCUT2D eigenvalue weighted by Gasteiger charge is 2.23. The highest BCUT2D eigenvalue weighted by molar-refractivity contribution is 9.10. The number of benzene rings is 1. The molecule has 0 saturated carbocycles. The molecule has 0 spiro atoms. The van der Waals surface area contributed by atoms with Crippen LogP contribution in [-0.4, -0.2) is 21.5 Å². The van der Waals surface area contributed by atoms with Crippen molar-refractivity contribution in [1.82, 2.24) is 14.3 Å². The molecule has 2 heterocycles. The van der Waals surface area contributed by atoms with E-state index >= 15 is 0 Å². The normalized spacial score (nSPS) is 11.1. The Morgan fingerprint density at radius 2 is 1.95 bits per heavy atom. The molecule has 0 unspecified atom stereocenters. The zero-order chi connectivity index (χ0) is 16.0. The minimum atomic E-state index is -0.348. The highest BCUT2D eigenvalue weighted by Crippen LogP contribution is 2.39. The Kier molecular flexibility index (Phi) is 3.92. The number of rotatable bonds is 2. The van der Waals surface area contributed by atoms with E-state index in [0.29, 0.717) is 20.9 Å². The molecular formula is C14H10BrCl2N3O2. The fourth-order valence-electron chi connectivity index (χ4n) is 2.34. The number of halogens is 3. The largest absolute Gasteiger partial charge is 0.492 e. The Labute approximate surface area is 144 Å². The van der Waals surface area contributed by atoms with Crippen molar-refractivity contribution in [2.75, 3.05) is 7.11 Å². The first kappa shape index (κ1) is 15.4. The summed E-state index contributed by atoms with van der Waals surface area (Å²) in [4.78, 5) is 12.6. The van der Waals surface area contributed by atoms with E-state index in [0.717, 1.165) is 5.39 Å². The van der Waals surface area contributed by atoms with Crippen LogP contribution < -0.4 is 10.3 Å². The fourth-order valence-corrected chi connectivity index (χ4v) is 3.45. The average Bonchev–Trinajstić information content (AvgIpc) is 2.75.